The molecule has 112 valence electrons. The number of rotatable bonds is 6. The highest BCUT2D eigenvalue weighted by atomic mass is 79.9. The van der Waals surface area contributed by atoms with Crippen LogP contribution in [-0.4, -0.2) is 23.6 Å². The van der Waals surface area contributed by atoms with Crippen molar-refractivity contribution in [2.45, 2.75) is 13.3 Å². The minimum absolute atomic E-state index is 0.591. The van der Waals surface area contributed by atoms with E-state index in [0.29, 0.717) is 17.4 Å². The first-order valence-corrected chi connectivity index (χ1v) is 8.09. The van der Waals surface area contributed by atoms with Gasteiger partial charge in [-0.25, -0.2) is 9.97 Å². The number of para-hydroxylation sites is 1. The van der Waals surface area contributed by atoms with Crippen LogP contribution in [0.2, 0.25) is 0 Å². The molecule has 2 aromatic rings. The topological polar surface area (TPSA) is 59.1 Å². The van der Waals surface area contributed by atoms with E-state index >= 15 is 0 Å². The molecule has 0 saturated heterocycles. The molecule has 1 aromatic heterocycles. The molecule has 0 spiro atoms. The second-order valence-electron chi connectivity index (χ2n) is 4.25. The molecule has 0 aliphatic heterocycles. The van der Waals surface area contributed by atoms with Crippen molar-refractivity contribution >= 4 is 49.2 Å². The average Bonchev–Trinajstić information content (AvgIpc) is 2.49. The lowest BCUT2D eigenvalue weighted by Gasteiger charge is -2.15. The highest BCUT2D eigenvalue weighted by Crippen LogP contribution is 2.37. The Labute approximate surface area is 140 Å². The van der Waals surface area contributed by atoms with Gasteiger partial charge in [-0.05, 0) is 50.4 Å². The van der Waals surface area contributed by atoms with Crippen LogP contribution in [0, 0.1) is 0 Å². The van der Waals surface area contributed by atoms with Gasteiger partial charge in [0.2, 0.25) is 5.75 Å². The molecule has 2 rings (SSSR count). The van der Waals surface area contributed by atoms with Crippen molar-refractivity contribution in [3.63, 3.8) is 0 Å². The zero-order valence-corrected chi connectivity index (χ0v) is 15.0. The average molecular weight is 416 g/mol. The molecule has 5 nitrogen and oxygen atoms in total. The van der Waals surface area contributed by atoms with Crippen LogP contribution in [-0.2, 0) is 0 Å². The molecule has 0 fully saturated rings. The molecule has 0 radical (unpaired) electrons. The molecule has 0 bridgehead atoms. The maximum atomic E-state index is 5.44. The van der Waals surface area contributed by atoms with Crippen molar-refractivity contribution in [2.75, 3.05) is 24.3 Å². The van der Waals surface area contributed by atoms with Gasteiger partial charge in [-0.2, -0.15) is 0 Å². The Balaban J connectivity index is 2.35. The van der Waals surface area contributed by atoms with Gasteiger partial charge in [-0.3, -0.25) is 0 Å². The largest absolute Gasteiger partial charge is 0.490 e. The summed E-state index contributed by atoms with van der Waals surface area (Å²) in [5, 5.41) is 6.50. The van der Waals surface area contributed by atoms with E-state index in [4.69, 9.17) is 4.74 Å². The smallest absolute Gasteiger partial charge is 0.204 e. The number of benzene rings is 1. The van der Waals surface area contributed by atoms with Crippen LogP contribution in [0.3, 0.4) is 0 Å². The fourth-order valence-electron chi connectivity index (χ4n) is 1.76. The van der Waals surface area contributed by atoms with E-state index in [1.165, 1.54) is 6.33 Å². The Morgan fingerprint density at radius 3 is 2.43 bits per heavy atom. The number of aromatic nitrogens is 2. The van der Waals surface area contributed by atoms with Gasteiger partial charge in [-0.15, -0.1) is 0 Å². The molecular formula is C14H16Br2N4O. The van der Waals surface area contributed by atoms with Gasteiger partial charge in [0.05, 0.1) is 12.8 Å². The third kappa shape index (κ3) is 3.85. The highest BCUT2D eigenvalue weighted by Gasteiger charge is 2.14. The molecule has 0 atom stereocenters. The molecule has 0 unspecified atom stereocenters. The van der Waals surface area contributed by atoms with Crippen molar-refractivity contribution in [1.29, 1.82) is 0 Å². The molecule has 0 saturated carbocycles. The van der Waals surface area contributed by atoms with Crippen molar-refractivity contribution in [3.8, 4) is 5.75 Å². The minimum Gasteiger partial charge on any atom is -0.490 e. The molecule has 2 N–H and O–H groups in total. The number of halogens is 2. The normalized spacial score (nSPS) is 10.3. The Bertz CT molecular complexity index is 602. The third-order valence-electron chi connectivity index (χ3n) is 2.76. The van der Waals surface area contributed by atoms with Gasteiger partial charge in [0, 0.05) is 15.5 Å². The maximum Gasteiger partial charge on any atom is 0.204 e. The molecule has 7 heteroatoms. The van der Waals surface area contributed by atoms with E-state index in [9.17, 15) is 0 Å². The van der Waals surface area contributed by atoms with E-state index in [-0.39, 0.29) is 0 Å². The van der Waals surface area contributed by atoms with Gasteiger partial charge >= 0.3 is 0 Å². The Hall–Kier alpha value is -1.34. The van der Waals surface area contributed by atoms with Crippen LogP contribution in [0.5, 0.6) is 5.75 Å². The predicted octanol–water partition coefficient (Wildman–Crippen LogP) is 4.58. The molecule has 21 heavy (non-hydrogen) atoms. The van der Waals surface area contributed by atoms with E-state index in [0.717, 1.165) is 27.6 Å². The third-order valence-corrected chi connectivity index (χ3v) is 4.08. The Morgan fingerprint density at radius 1 is 1.14 bits per heavy atom. The number of nitrogens with one attached hydrogen (secondary N) is 2. The van der Waals surface area contributed by atoms with Crippen LogP contribution in [0.15, 0.2) is 33.5 Å². The summed E-state index contributed by atoms with van der Waals surface area (Å²) < 4.78 is 7.31. The van der Waals surface area contributed by atoms with Crippen LogP contribution < -0.4 is 15.4 Å². The number of nitrogens with zero attached hydrogens (tertiary/aromatic N) is 2. The van der Waals surface area contributed by atoms with Crippen molar-refractivity contribution in [2.24, 2.45) is 0 Å². The number of anilines is 3. The summed E-state index contributed by atoms with van der Waals surface area (Å²) in [6, 6.07) is 5.86. The van der Waals surface area contributed by atoms with Crippen LogP contribution in [0.1, 0.15) is 13.3 Å². The lowest BCUT2D eigenvalue weighted by Crippen LogP contribution is -2.07. The molecule has 1 heterocycles. The first-order chi connectivity index (χ1) is 10.2. The number of ether oxygens (including phenoxy) is 1. The summed E-state index contributed by atoms with van der Waals surface area (Å²) in [4.78, 5) is 8.49. The van der Waals surface area contributed by atoms with Crippen molar-refractivity contribution in [3.05, 3.63) is 33.5 Å². The quantitative estimate of drug-likeness (QED) is 0.723. The first-order valence-electron chi connectivity index (χ1n) is 6.51. The standard InChI is InChI=1S/C14H16Br2N4O/c1-3-7-17-13-12(21-2)14(19-8-18-13)20-11-9(15)5-4-6-10(11)16/h4-6,8H,3,7H2,1-2H3,(H2,17,18,19,20). The van der Waals surface area contributed by atoms with Gasteiger partial charge < -0.3 is 15.4 Å². The maximum absolute atomic E-state index is 5.44. The fourth-order valence-corrected chi connectivity index (χ4v) is 2.96. The molecular weight excluding hydrogens is 400 g/mol. The summed E-state index contributed by atoms with van der Waals surface area (Å²) in [6.07, 6.45) is 2.51. The van der Waals surface area contributed by atoms with Crippen molar-refractivity contribution in [1.82, 2.24) is 9.97 Å². The monoisotopic (exact) mass is 414 g/mol. The molecule has 0 amide bonds. The fraction of sp³-hybridized carbons (Fsp3) is 0.286. The predicted molar refractivity (Wildman–Crippen MR) is 92.5 cm³/mol. The van der Waals surface area contributed by atoms with Crippen LogP contribution in [0.25, 0.3) is 0 Å². The zero-order valence-electron chi connectivity index (χ0n) is 11.8. The molecule has 0 aliphatic carbocycles. The summed E-state index contributed by atoms with van der Waals surface area (Å²) in [6.45, 7) is 2.92. The summed E-state index contributed by atoms with van der Waals surface area (Å²) in [5.41, 5.74) is 0.885. The number of hydrogen-bond donors (Lipinski definition) is 2. The second-order valence-corrected chi connectivity index (χ2v) is 5.96. The van der Waals surface area contributed by atoms with Gasteiger partial charge in [0.25, 0.3) is 0 Å². The Morgan fingerprint density at radius 2 is 1.81 bits per heavy atom. The SMILES string of the molecule is CCCNc1ncnc(Nc2c(Br)cccc2Br)c1OC. The summed E-state index contributed by atoms with van der Waals surface area (Å²) in [5.74, 6) is 1.88. The van der Waals surface area contributed by atoms with Gasteiger partial charge in [0.15, 0.2) is 11.6 Å². The lowest BCUT2D eigenvalue weighted by atomic mass is 10.3. The summed E-state index contributed by atoms with van der Waals surface area (Å²) >= 11 is 7.04. The minimum atomic E-state index is 0.591. The van der Waals surface area contributed by atoms with Crippen LogP contribution in [0.4, 0.5) is 17.3 Å². The van der Waals surface area contributed by atoms with Crippen LogP contribution >= 0.6 is 31.9 Å². The van der Waals surface area contributed by atoms with E-state index in [1.54, 1.807) is 7.11 Å². The highest BCUT2D eigenvalue weighted by molar-refractivity contribution is 9.11. The zero-order chi connectivity index (χ0) is 15.2. The second kappa shape index (κ2) is 7.61. The van der Waals surface area contributed by atoms with Gasteiger partial charge in [-0.1, -0.05) is 13.0 Å². The molecule has 0 aliphatic rings. The van der Waals surface area contributed by atoms with E-state index in [1.807, 2.05) is 18.2 Å². The first kappa shape index (κ1) is 16.0. The number of hydrogen-bond acceptors (Lipinski definition) is 5. The summed E-state index contributed by atoms with van der Waals surface area (Å²) in [7, 11) is 1.61. The lowest BCUT2D eigenvalue weighted by molar-refractivity contribution is 0.415. The van der Waals surface area contributed by atoms with Crippen molar-refractivity contribution < 1.29 is 4.74 Å². The van der Waals surface area contributed by atoms with E-state index in [2.05, 4.69) is 59.4 Å². The number of methoxy groups -OCH3 is 1. The van der Waals surface area contributed by atoms with E-state index < -0.39 is 0 Å². The molecule has 1 aromatic carbocycles. The Kier molecular flexibility index (Phi) is 5.81. The van der Waals surface area contributed by atoms with Gasteiger partial charge in [0.1, 0.15) is 6.33 Å².